The van der Waals surface area contributed by atoms with Crippen molar-refractivity contribution in [2.24, 2.45) is 0 Å². The minimum absolute atomic E-state index is 0.558. The lowest BCUT2D eigenvalue weighted by Gasteiger charge is -2.03. The first-order chi connectivity index (χ1) is 7.70. The number of fused-ring (bicyclic) bond motifs is 1. The molecule has 2 nitrogen and oxygen atoms in total. The Bertz CT molecular complexity index is 483. The maximum atomic E-state index is 5.92. The molecular formula is C13H16ClNO. The van der Waals surface area contributed by atoms with E-state index in [0.717, 1.165) is 22.2 Å². The lowest BCUT2D eigenvalue weighted by Crippen LogP contribution is -1.86. The summed E-state index contributed by atoms with van der Waals surface area (Å²) < 4.78 is 5.13. The van der Waals surface area contributed by atoms with Crippen LogP contribution in [0, 0.1) is 6.92 Å². The molecule has 2 aromatic rings. The van der Waals surface area contributed by atoms with E-state index in [-0.39, 0.29) is 0 Å². The Balaban J connectivity index is 0.000000606. The van der Waals surface area contributed by atoms with Crippen molar-refractivity contribution in [3.63, 3.8) is 0 Å². The van der Waals surface area contributed by atoms with Crippen molar-refractivity contribution >= 4 is 22.5 Å². The molecule has 0 saturated carbocycles. The summed E-state index contributed by atoms with van der Waals surface area (Å²) in [5, 5.41) is 1.61. The van der Waals surface area contributed by atoms with E-state index in [1.807, 2.05) is 45.0 Å². The van der Waals surface area contributed by atoms with Crippen LogP contribution in [0.25, 0.3) is 10.9 Å². The Labute approximate surface area is 101 Å². The van der Waals surface area contributed by atoms with Gasteiger partial charge in [0.15, 0.2) is 0 Å². The molecule has 0 N–H and O–H groups in total. The second kappa shape index (κ2) is 5.71. The summed E-state index contributed by atoms with van der Waals surface area (Å²) in [6.07, 6.45) is 0. The SMILES string of the molecule is CC.COc1ccc2nc(Cl)c(C)cc2c1. The van der Waals surface area contributed by atoms with E-state index in [1.54, 1.807) is 7.11 Å². The summed E-state index contributed by atoms with van der Waals surface area (Å²) >= 11 is 5.92. The van der Waals surface area contributed by atoms with Crippen molar-refractivity contribution in [3.05, 3.63) is 35.0 Å². The molecule has 16 heavy (non-hydrogen) atoms. The van der Waals surface area contributed by atoms with E-state index in [0.29, 0.717) is 5.15 Å². The van der Waals surface area contributed by atoms with Gasteiger partial charge < -0.3 is 4.74 Å². The van der Waals surface area contributed by atoms with E-state index < -0.39 is 0 Å². The van der Waals surface area contributed by atoms with Crippen molar-refractivity contribution in [3.8, 4) is 5.75 Å². The first-order valence-corrected chi connectivity index (χ1v) is 5.69. The molecule has 1 heterocycles. The van der Waals surface area contributed by atoms with Gasteiger partial charge in [0.05, 0.1) is 12.6 Å². The smallest absolute Gasteiger partial charge is 0.132 e. The third-order valence-corrected chi connectivity index (χ3v) is 2.53. The molecule has 0 unspecified atom stereocenters. The number of hydrogen-bond donors (Lipinski definition) is 0. The zero-order chi connectivity index (χ0) is 12.1. The van der Waals surface area contributed by atoms with Gasteiger partial charge in [-0.25, -0.2) is 4.98 Å². The number of rotatable bonds is 1. The molecule has 1 aromatic heterocycles. The first kappa shape index (κ1) is 12.8. The molecule has 0 aliphatic rings. The van der Waals surface area contributed by atoms with Crippen LogP contribution >= 0.6 is 11.6 Å². The molecule has 0 atom stereocenters. The van der Waals surface area contributed by atoms with Crippen LogP contribution in [0.5, 0.6) is 5.75 Å². The highest BCUT2D eigenvalue weighted by Crippen LogP contribution is 2.23. The molecule has 86 valence electrons. The van der Waals surface area contributed by atoms with Gasteiger partial charge in [0.25, 0.3) is 0 Å². The predicted molar refractivity (Wildman–Crippen MR) is 69.4 cm³/mol. The molecule has 0 bridgehead atoms. The molecule has 0 fully saturated rings. The zero-order valence-corrected chi connectivity index (χ0v) is 10.8. The lowest BCUT2D eigenvalue weighted by molar-refractivity contribution is 0.415. The Morgan fingerprint density at radius 1 is 1.19 bits per heavy atom. The minimum Gasteiger partial charge on any atom is -0.497 e. The van der Waals surface area contributed by atoms with Crippen LogP contribution in [0.3, 0.4) is 0 Å². The van der Waals surface area contributed by atoms with Crippen molar-refractivity contribution < 1.29 is 4.74 Å². The third kappa shape index (κ3) is 2.64. The summed E-state index contributed by atoms with van der Waals surface area (Å²) in [5.74, 6) is 0.834. The van der Waals surface area contributed by atoms with Crippen LogP contribution in [0.2, 0.25) is 5.15 Å². The third-order valence-electron chi connectivity index (χ3n) is 2.15. The minimum atomic E-state index is 0.558. The van der Waals surface area contributed by atoms with Gasteiger partial charge in [-0.15, -0.1) is 0 Å². The second-order valence-corrected chi connectivity index (χ2v) is 3.51. The summed E-state index contributed by atoms with van der Waals surface area (Å²) in [6, 6.07) is 7.74. The average Bonchev–Trinajstić information content (AvgIpc) is 2.33. The Hall–Kier alpha value is -1.28. The Morgan fingerprint density at radius 3 is 2.50 bits per heavy atom. The topological polar surface area (TPSA) is 22.1 Å². The number of ether oxygens (including phenoxy) is 1. The number of aryl methyl sites for hydroxylation is 1. The number of benzene rings is 1. The highest BCUT2D eigenvalue weighted by atomic mass is 35.5. The number of nitrogens with zero attached hydrogens (tertiary/aromatic N) is 1. The van der Waals surface area contributed by atoms with Gasteiger partial charge in [-0.3, -0.25) is 0 Å². The number of halogens is 1. The summed E-state index contributed by atoms with van der Waals surface area (Å²) in [4.78, 5) is 4.26. The monoisotopic (exact) mass is 237 g/mol. The van der Waals surface area contributed by atoms with Gasteiger partial charge >= 0.3 is 0 Å². The molecule has 3 heteroatoms. The number of aromatic nitrogens is 1. The van der Waals surface area contributed by atoms with Crippen LogP contribution < -0.4 is 4.74 Å². The summed E-state index contributed by atoms with van der Waals surface area (Å²) in [7, 11) is 1.65. The molecule has 0 aliphatic heterocycles. The van der Waals surface area contributed by atoms with Crippen molar-refractivity contribution in [2.75, 3.05) is 7.11 Å². The number of pyridine rings is 1. The fourth-order valence-electron chi connectivity index (χ4n) is 1.36. The van der Waals surface area contributed by atoms with Gasteiger partial charge in [0.1, 0.15) is 10.9 Å². The van der Waals surface area contributed by atoms with Gasteiger partial charge in [0, 0.05) is 5.39 Å². The number of methoxy groups -OCH3 is 1. The van der Waals surface area contributed by atoms with Crippen LogP contribution in [-0.2, 0) is 0 Å². The number of hydrogen-bond acceptors (Lipinski definition) is 2. The van der Waals surface area contributed by atoms with Crippen LogP contribution in [0.15, 0.2) is 24.3 Å². The zero-order valence-electron chi connectivity index (χ0n) is 10.0. The maximum absolute atomic E-state index is 5.92. The summed E-state index contributed by atoms with van der Waals surface area (Å²) in [6.45, 7) is 5.94. The van der Waals surface area contributed by atoms with E-state index in [2.05, 4.69) is 4.98 Å². The van der Waals surface area contributed by atoms with Crippen LogP contribution in [0.4, 0.5) is 0 Å². The fourth-order valence-corrected chi connectivity index (χ4v) is 1.51. The van der Waals surface area contributed by atoms with E-state index in [1.165, 1.54) is 0 Å². The molecule has 2 rings (SSSR count). The van der Waals surface area contributed by atoms with E-state index in [9.17, 15) is 0 Å². The molecule has 0 saturated heterocycles. The Kier molecular flexibility index (Phi) is 4.56. The highest BCUT2D eigenvalue weighted by molar-refractivity contribution is 6.30. The van der Waals surface area contributed by atoms with Crippen molar-refractivity contribution in [2.45, 2.75) is 20.8 Å². The van der Waals surface area contributed by atoms with E-state index in [4.69, 9.17) is 16.3 Å². The van der Waals surface area contributed by atoms with Gasteiger partial charge in [-0.05, 0) is 36.8 Å². The van der Waals surface area contributed by atoms with Crippen LogP contribution in [-0.4, -0.2) is 12.1 Å². The first-order valence-electron chi connectivity index (χ1n) is 5.31. The summed E-state index contributed by atoms with van der Waals surface area (Å²) in [5.41, 5.74) is 1.87. The standard InChI is InChI=1S/C11H10ClNO.C2H6/c1-7-5-8-6-9(14-2)3-4-10(8)13-11(7)12;1-2/h3-6H,1-2H3;1-2H3. The van der Waals surface area contributed by atoms with Gasteiger partial charge in [-0.2, -0.15) is 0 Å². The van der Waals surface area contributed by atoms with Crippen molar-refractivity contribution in [1.29, 1.82) is 0 Å². The highest BCUT2D eigenvalue weighted by Gasteiger charge is 2.01. The van der Waals surface area contributed by atoms with E-state index >= 15 is 0 Å². The maximum Gasteiger partial charge on any atom is 0.132 e. The molecule has 0 amide bonds. The van der Waals surface area contributed by atoms with Crippen molar-refractivity contribution in [1.82, 2.24) is 4.98 Å². The molecule has 0 aliphatic carbocycles. The van der Waals surface area contributed by atoms with Crippen LogP contribution in [0.1, 0.15) is 19.4 Å². The van der Waals surface area contributed by atoms with Gasteiger partial charge in [-0.1, -0.05) is 25.4 Å². The lowest BCUT2D eigenvalue weighted by atomic mass is 10.2. The fraction of sp³-hybridized carbons (Fsp3) is 0.308. The van der Waals surface area contributed by atoms with Gasteiger partial charge in [0.2, 0.25) is 0 Å². The largest absolute Gasteiger partial charge is 0.497 e. The quantitative estimate of drug-likeness (QED) is 0.693. The molecular weight excluding hydrogens is 222 g/mol. The second-order valence-electron chi connectivity index (χ2n) is 3.15. The molecule has 0 spiro atoms. The molecule has 1 aromatic carbocycles. The predicted octanol–water partition coefficient (Wildman–Crippen LogP) is 4.23. The Morgan fingerprint density at radius 2 is 1.88 bits per heavy atom. The molecule has 0 radical (unpaired) electrons. The normalized spacial score (nSPS) is 9.56. The average molecular weight is 238 g/mol.